The van der Waals surface area contributed by atoms with E-state index in [0.717, 1.165) is 25.0 Å². The molecule has 2 amide bonds. The highest BCUT2D eigenvalue weighted by Gasteiger charge is 2.16. The van der Waals surface area contributed by atoms with Gasteiger partial charge in [0.25, 0.3) is 11.8 Å². The van der Waals surface area contributed by atoms with Crippen molar-refractivity contribution < 1.29 is 23.8 Å². The number of carbonyl (C=O) groups is 2. The smallest absolute Gasteiger partial charge is 0.257 e. The lowest BCUT2D eigenvalue weighted by molar-refractivity contribution is -0.0447. The van der Waals surface area contributed by atoms with Crippen LogP contribution in [0.4, 0.5) is 11.4 Å². The molecule has 0 saturated carbocycles. The van der Waals surface area contributed by atoms with Gasteiger partial charge in [-0.1, -0.05) is 24.3 Å². The van der Waals surface area contributed by atoms with E-state index in [1.165, 1.54) is 6.42 Å². The SMILES string of the molecule is COc1ccc(C(=O)Nc2ccccc2C(=O)Nc2cccc(COCC3CCCCO3)c2)cc1. The van der Waals surface area contributed by atoms with Gasteiger partial charge in [-0.25, -0.2) is 0 Å². The van der Waals surface area contributed by atoms with E-state index >= 15 is 0 Å². The van der Waals surface area contributed by atoms with Gasteiger partial charge in [-0.2, -0.15) is 0 Å². The second-order valence-corrected chi connectivity index (χ2v) is 8.39. The summed E-state index contributed by atoms with van der Waals surface area (Å²) < 4.78 is 16.7. The minimum atomic E-state index is -0.315. The average Bonchev–Trinajstić information content (AvgIpc) is 2.90. The van der Waals surface area contributed by atoms with E-state index in [0.29, 0.717) is 41.5 Å². The third kappa shape index (κ3) is 6.91. The van der Waals surface area contributed by atoms with Crippen LogP contribution in [0.3, 0.4) is 0 Å². The minimum absolute atomic E-state index is 0.163. The van der Waals surface area contributed by atoms with Crippen LogP contribution in [0.5, 0.6) is 5.75 Å². The Hall–Kier alpha value is -3.68. The molecule has 182 valence electrons. The molecule has 1 aliphatic rings. The summed E-state index contributed by atoms with van der Waals surface area (Å²) in [5.74, 6) is 0.0366. The summed E-state index contributed by atoms with van der Waals surface area (Å²) in [4.78, 5) is 25.7. The van der Waals surface area contributed by atoms with Crippen LogP contribution in [0.1, 0.15) is 45.5 Å². The van der Waals surface area contributed by atoms with Crippen LogP contribution < -0.4 is 15.4 Å². The molecule has 35 heavy (non-hydrogen) atoms. The number of para-hydroxylation sites is 1. The summed E-state index contributed by atoms with van der Waals surface area (Å²) in [5.41, 5.74) is 2.87. The molecule has 7 heteroatoms. The number of hydrogen-bond acceptors (Lipinski definition) is 5. The fourth-order valence-electron chi connectivity index (χ4n) is 3.91. The largest absolute Gasteiger partial charge is 0.497 e. The molecule has 1 unspecified atom stereocenters. The monoisotopic (exact) mass is 474 g/mol. The van der Waals surface area contributed by atoms with Crippen LogP contribution in [0, 0.1) is 0 Å². The molecule has 0 aromatic heterocycles. The van der Waals surface area contributed by atoms with E-state index < -0.39 is 0 Å². The van der Waals surface area contributed by atoms with Gasteiger partial charge in [-0.15, -0.1) is 0 Å². The maximum absolute atomic E-state index is 13.0. The molecule has 2 N–H and O–H groups in total. The molecule has 4 rings (SSSR count). The number of ether oxygens (including phenoxy) is 3. The van der Waals surface area contributed by atoms with Crippen molar-refractivity contribution in [2.24, 2.45) is 0 Å². The lowest BCUT2D eigenvalue weighted by Crippen LogP contribution is -2.24. The number of benzene rings is 3. The number of hydrogen-bond donors (Lipinski definition) is 2. The summed E-state index contributed by atoms with van der Waals surface area (Å²) in [6.45, 7) is 1.81. The Morgan fingerprint density at radius 3 is 2.54 bits per heavy atom. The topological polar surface area (TPSA) is 85.9 Å². The summed E-state index contributed by atoms with van der Waals surface area (Å²) in [5, 5.41) is 5.75. The standard InChI is InChI=1S/C28H30N2O5/c1-33-23-14-12-21(13-15-23)27(31)30-26-11-3-2-10-25(26)28(32)29-22-8-6-7-20(17-22)18-34-19-24-9-4-5-16-35-24/h2-3,6-8,10-15,17,24H,4-5,9,16,18-19H2,1H3,(H,29,32)(H,30,31). The molecule has 0 spiro atoms. The lowest BCUT2D eigenvalue weighted by atomic mass is 10.1. The van der Waals surface area contributed by atoms with E-state index in [4.69, 9.17) is 14.2 Å². The zero-order valence-electron chi connectivity index (χ0n) is 19.8. The first-order valence-corrected chi connectivity index (χ1v) is 11.8. The van der Waals surface area contributed by atoms with E-state index in [1.807, 2.05) is 24.3 Å². The maximum atomic E-state index is 13.0. The Kier molecular flexibility index (Phi) is 8.48. The van der Waals surface area contributed by atoms with Crippen LogP contribution in [0.2, 0.25) is 0 Å². The lowest BCUT2D eigenvalue weighted by Gasteiger charge is -2.22. The molecular weight excluding hydrogens is 444 g/mol. The molecule has 1 fully saturated rings. The first kappa shape index (κ1) is 24.4. The van der Waals surface area contributed by atoms with Crippen LogP contribution in [-0.4, -0.2) is 38.2 Å². The van der Waals surface area contributed by atoms with Crippen LogP contribution >= 0.6 is 0 Å². The molecule has 0 aliphatic carbocycles. The first-order valence-electron chi connectivity index (χ1n) is 11.8. The van der Waals surface area contributed by atoms with Crippen molar-refractivity contribution in [1.29, 1.82) is 0 Å². The van der Waals surface area contributed by atoms with Gasteiger partial charge in [-0.05, 0) is 73.4 Å². The van der Waals surface area contributed by atoms with E-state index in [1.54, 1.807) is 55.6 Å². The highest BCUT2D eigenvalue weighted by Crippen LogP contribution is 2.20. The van der Waals surface area contributed by atoms with E-state index in [2.05, 4.69) is 10.6 Å². The second-order valence-electron chi connectivity index (χ2n) is 8.39. The molecule has 3 aromatic carbocycles. The predicted molar refractivity (Wildman–Crippen MR) is 135 cm³/mol. The zero-order valence-corrected chi connectivity index (χ0v) is 19.8. The normalized spacial score (nSPS) is 15.3. The van der Waals surface area contributed by atoms with E-state index in [-0.39, 0.29) is 17.9 Å². The molecule has 0 radical (unpaired) electrons. The fourth-order valence-corrected chi connectivity index (χ4v) is 3.91. The second kappa shape index (κ2) is 12.1. The third-order valence-corrected chi connectivity index (χ3v) is 5.80. The van der Waals surface area contributed by atoms with Gasteiger partial charge in [0.1, 0.15) is 5.75 Å². The predicted octanol–water partition coefficient (Wildman–Crippen LogP) is 5.29. The zero-order chi connectivity index (χ0) is 24.5. The van der Waals surface area contributed by atoms with Crippen molar-refractivity contribution in [2.75, 3.05) is 31.0 Å². The van der Waals surface area contributed by atoms with Gasteiger partial charge in [-0.3, -0.25) is 9.59 Å². The van der Waals surface area contributed by atoms with Crippen LogP contribution in [0.15, 0.2) is 72.8 Å². The molecule has 1 aliphatic heterocycles. The molecule has 7 nitrogen and oxygen atoms in total. The summed E-state index contributed by atoms with van der Waals surface area (Å²) >= 11 is 0. The van der Waals surface area contributed by atoms with Crippen LogP contribution in [0.25, 0.3) is 0 Å². The van der Waals surface area contributed by atoms with Crippen molar-refractivity contribution in [1.82, 2.24) is 0 Å². The number of rotatable bonds is 9. The van der Waals surface area contributed by atoms with Crippen molar-refractivity contribution in [3.05, 3.63) is 89.5 Å². The van der Waals surface area contributed by atoms with Gasteiger partial charge in [0, 0.05) is 17.9 Å². The summed E-state index contributed by atoms with van der Waals surface area (Å²) in [7, 11) is 1.57. The number of nitrogens with one attached hydrogen (secondary N) is 2. The number of carbonyl (C=O) groups excluding carboxylic acids is 2. The molecule has 1 saturated heterocycles. The molecular formula is C28H30N2O5. The van der Waals surface area contributed by atoms with Gasteiger partial charge >= 0.3 is 0 Å². The Morgan fingerprint density at radius 1 is 0.943 bits per heavy atom. The van der Waals surface area contributed by atoms with Crippen molar-refractivity contribution in [3.8, 4) is 5.75 Å². The molecule has 1 atom stereocenters. The van der Waals surface area contributed by atoms with Gasteiger partial charge in [0.15, 0.2) is 0 Å². The Morgan fingerprint density at radius 2 is 1.77 bits per heavy atom. The van der Waals surface area contributed by atoms with Crippen molar-refractivity contribution in [3.63, 3.8) is 0 Å². The molecule has 1 heterocycles. The quantitative estimate of drug-likeness (QED) is 0.440. The first-order chi connectivity index (χ1) is 17.1. The Labute approximate surface area is 205 Å². The van der Waals surface area contributed by atoms with Gasteiger partial charge < -0.3 is 24.8 Å². The Bertz CT molecular complexity index is 1140. The van der Waals surface area contributed by atoms with Gasteiger partial charge in [0.05, 0.1) is 37.7 Å². The van der Waals surface area contributed by atoms with Crippen molar-refractivity contribution in [2.45, 2.75) is 32.0 Å². The Balaban J connectivity index is 1.37. The maximum Gasteiger partial charge on any atom is 0.257 e. The van der Waals surface area contributed by atoms with Gasteiger partial charge in [0.2, 0.25) is 0 Å². The van der Waals surface area contributed by atoms with Crippen molar-refractivity contribution >= 4 is 23.2 Å². The number of amides is 2. The summed E-state index contributed by atoms with van der Waals surface area (Å²) in [6.07, 6.45) is 3.49. The highest BCUT2D eigenvalue weighted by atomic mass is 16.5. The molecule has 3 aromatic rings. The number of methoxy groups -OCH3 is 1. The number of anilines is 2. The fraction of sp³-hybridized carbons (Fsp3) is 0.286. The third-order valence-electron chi connectivity index (χ3n) is 5.80. The average molecular weight is 475 g/mol. The molecule has 0 bridgehead atoms. The minimum Gasteiger partial charge on any atom is -0.497 e. The van der Waals surface area contributed by atoms with E-state index in [9.17, 15) is 9.59 Å². The highest BCUT2D eigenvalue weighted by molar-refractivity contribution is 6.12. The summed E-state index contributed by atoms with van der Waals surface area (Å²) in [6, 6.07) is 21.2. The van der Waals surface area contributed by atoms with Crippen LogP contribution in [-0.2, 0) is 16.1 Å².